The molecule has 0 radical (unpaired) electrons. The lowest BCUT2D eigenvalue weighted by atomic mass is 9.92. The first-order chi connectivity index (χ1) is 16.0. The average molecular weight is 578 g/mol. The van der Waals surface area contributed by atoms with Gasteiger partial charge in [-0.3, -0.25) is 0 Å². The van der Waals surface area contributed by atoms with Crippen LogP contribution >= 0.6 is 34.8 Å². The van der Waals surface area contributed by atoms with Gasteiger partial charge in [-0.2, -0.15) is 0 Å². The molecular weight excluding hydrogens is 554 g/mol. The number of halogens is 2. The third-order valence-corrected chi connectivity index (χ3v) is 6.64. The van der Waals surface area contributed by atoms with Crippen molar-refractivity contribution in [1.82, 2.24) is 4.90 Å². The van der Waals surface area contributed by atoms with Crippen molar-refractivity contribution in [3.63, 3.8) is 0 Å². The quantitative estimate of drug-likeness (QED) is 0.294. The Labute approximate surface area is 212 Å². The smallest absolute Gasteiger partial charge is 0.174 e. The largest absolute Gasteiger partial charge is 0.493 e. The summed E-state index contributed by atoms with van der Waals surface area (Å²) in [5, 5.41) is 3.96. The van der Waals surface area contributed by atoms with Crippen LogP contribution in [0.15, 0.2) is 60.7 Å². The number of hydrogen-bond donors (Lipinski definition) is 1. The number of methoxy groups -OCH3 is 2. The summed E-state index contributed by atoms with van der Waals surface area (Å²) in [6.45, 7) is 1.05. The van der Waals surface area contributed by atoms with Crippen molar-refractivity contribution in [2.75, 3.05) is 32.7 Å². The van der Waals surface area contributed by atoms with Crippen molar-refractivity contribution in [3.8, 4) is 17.2 Å². The first kappa shape index (κ1) is 23.6. The second-order valence-corrected chi connectivity index (χ2v) is 9.20. The SMILES string of the molecule is COc1cc2c(cc1OC)[C@H](COc1ccc(F)cc1)N(C(=S)Nc1ccc(I)cc1)CC2. The number of thiocarbonyl (C=S) groups is 1. The second-order valence-electron chi connectivity index (χ2n) is 7.57. The van der Waals surface area contributed by atoms with Gasteiger partial charge in [0.15, 0.2) is 16.6 Å². The molecule has 0 aromatic heterocycles. The highest BCUT2D eigenvalue weighted by atomic mass is 127. The molecule has 3 aromatic carbocycles. The molecule has 172 valence electrons. The third kappa shape index (κ3) is 5.50. The summed E-state index contributed by atoms with van der Waals surface area (Å²) >= 11 is 8.08. The van der Waals surface area contributed by atoms with Crippen LogP contribution < -0.4 is 19.5 Å². The summed E-state index contributed by atoms with van der Waals surface area (Å²) in [7, 11) is 3.26. The second kappa shape index (κ2) is 10.6. The highest BCUT2D eigenvalue weighted by Crippen LogP contribution is 2.38. The van der Waals surface area contributed by atoms with Crippen LogP contribution in [0.3, 0.4) is 0 Å². The molecule has 1 N–H and O–H groups in total. The van der Waals surface area contributed by atoms with Gasteiger partial charge in [-0.05, 0) is 113 Å². The normalized spacial score (nSPS) is 14.9. The minimum absolute atomic E-state index is 0.164. The summed E-state index contributed by atoms with van der Waals surface area (Å²) < 4.78 is 31.6. The Kier molecular flexibility index (Phi) is 7.54. The molecule has 1 aliphatic heterocycles. The maximum absolute atomic E-state index is 13.3. The van der Waals surface area contributed by atoms with Gasteiger partial charge in [0, 0.05) is 15.8 Å². The summed E-state index contributed by atoms with van der Waals surface area (Å²) in [5.41, 5.74) is 3.15. The summed E-state index contributed by atoms with van der Waals surface area (Å²) in [5.74, 6) is 1.65. The van der Waals surface area contributed by atoms with E-state index in [1.54, 1.807) is 26.4 Å². The standard InChI is InChI=1S/C25H24FIN2O3S/c1-30-23-13-16-11-12-29(25(33)28-19-7-5-18(27)6-8-19)22(21(16)14-24(23)31-2)15-32-20-9-3-17(26)4-10-20/h3-10,13-14,22H,11-12,15H2,1-2H3,(H,28,33)/t22-/m0/s1. The Hall–Kier alpha value is -2.59. The van der Waals surface area contributed by atoms with Gasteiger partial charge in [0.2, 0.25) is 0 Å². The Bertz CT molecular complexity index is 1130. The number of fused-ring (bicyclic) bond motifs is 1. The Morgan fingerprint density at radius 3 is 2.39 bits per heavy atom. The van der Waals surface area contributed by atoms with E-state index in [0.717, 1.165) is 33.4 Å². The van der Waals surface area contributed by atoms with Crippen LogP contribution in [-0.4, -0.2) is 37.4 Å². The number of anilines is 1. The molecule has 0 aliphatic carbocycles. The molecule has 1 aliphatic rings. The van der Waals surface area contributed by atoms with E-state index in [-0.39, 0.29) is 11.9 Å². The minimum atomic E-state index is -0.299. The van der Waals surface area contributed by atoms with Gasteiger partial charge in [0.25, 0.3) is 0 Å². The number of benzene rings is 3. The van der Waals surface area contributed by atoms with Crippen LogP contribution in [0.2, 0.25) is 0 Å². The van der Waals surface area contributed by atoms with Gasteiger partial charge in [-0.25, -0.2) is 4.39 Å². The average Bonchev–Trinajstić information content (AvgIpc) is 2.83. The molecule has 1 heterocycles. The van der Waals surface area contributed by atoms with Crippen molar-refractivity contribution in [2.24, 2.45) is 0 Å². The van der Waals surface area contributed by atoms with Crippen LogP contribution in [0.25, 0.3) is 0 Å². The molecule has 0 spiro atoms. The molecule has 4 rings (SSSR count). The fraction of sp³-hybridized carbons (Fsp3) is 0.240. The Morgan fingerprint density at radius 2 is 1.73 bits per heavy atom. The van der Waals surface area contributed by atoms with E-state index in [1.807, 2.05) is 36.4 Å². The molecule has 0 saturated heterocycles. The lowest BCUT2D eigenvalue weighted by Crippen LogP contribution is -2.44. The molecule has 8 heteroatoms. The van der Waals surface area contributed by atoms with Gasteiger partial charge in [0.05, 0.1) is 20.3 Å². The predicted octanol–water partition coefficient (Wildman–Crippen LogP) is 5.82. The van der Waals surface area contributed by atoms with Crippen LogP contribution in [0.5, 0.6) is 17.2 Å². The first-order valence-corrected chi connectivity index (χ1v) is 11.9. The molecule has 0 unspecified atom stereocenters. The summed E-state index contributed by atoms with van der Waals surface area (Å²) in [4.78, 5) is 2.13. The van der Waals surface area contributed by atoms with E-state index in [9.17, 15) is 4.39 Å². The highest BCUT2D eigenvalue weighted by molar-refractivity contribution is 14.1. The Balaban J connectivity index is 1.63. The van der Waals surface area contributed by atoms with Crippen molar-refractivity contribution in [2.45, 2.75) is 12.5 Å². The maximum Gasteiger partial charge on any atom is 0.174 e. The molecule has 1 atom stereocenters. The van der Waals surface area contributed by atoms with E-state index in [2.05, 4.69) is 32.8 Å². The monoisotopic (exact) mass is 578 g/mol. The topological polar surface area (TPSA) is 43.0 Å². The number of ether oxygens (including phenoxy) is 3. The van der Waals surface area contributed by atoms with E-state index in [4.69, 9.17) is 26.4 Å². The number of rotatable bonds is 6. The van der Waals surface area contributed by atoms with Crippen LogP contribution in [0.4, 0.5) is 10.1 Å². The van der Waals surface area contributed by atoms with Crippen molar-refractivity contribution >= 4 is 45.6 Å². The predicted molar refractivity (Wildman–Crippen MR) is 140 cm³/mol. The maximum atomic E-state index is 13.3. The molecule has 0 fully saturated rings. The lowest BCUT2D eigenvalue weighted by Gasteiger charge is -2.39. The fourth-order valence-corrected chi connectivity index (χ4v) is 4.58. The van der Waals surface area contributed by atoms with Crippen molar-refractivity contribution in [3.05, 3.63) is 81.2 Å². The molecule has 3 aromatic rings. The zero-order valence-electron chi connectivity index (χ0n) is 18.3. The van der Waals surface area contributed by atoms with E-state index < -0.39 is 0 Å². The molecule has 5 nitrogen and oxygen atoms in total. The lowest BCUT2D eigenvalue weighted by molar-refractivity contribution is 0.190. The van der Waals surface area contributed by atoms with E-state index >= 15 is 0 Å². The van der Waals surface area contributed by atoms with Crippen molar-refractivity contribution < 1.29 is 18.6 Å². The zero-order valence-corrected chi connectivity index (χ0v) is 21.3. The number of nitrogens with one attached hydrogen (secondary N) is 1. The van der Waals surface area contributed by atoms with Gasteiger partial charge in [0.1, 0.15) is 18.2 Å². The highest BCUT2D eigenvalue weighted by Gasteiger charge is 2.31. The number of nitrogens with zero attached hydrogens (tertiary/aromatic N) is 1. The molecule has 0 amide bonds. The number of hydrogen-bond acceptors (Lipinski definition) is 4. The molecule has 0 saturated carbocycles. The third-order valence-electron chi connectivity index (χ3n) is 5.58. The Morgan fingerprint density at radius 1 is 1.06 bits per heavy atom. The fourth-order valence-electron chi connectivity index (χ4n) is 3.89. The zero-order chi connectivity index (χ0) is 23.4. The molecule has 33 heavy (non-hydrogen) atoms. The van der Waals surface area contributed by atoms with Crippen LogP contribution in [-0.2, 0) is 6.42 Å². The van der Waals surface area contributed by atoms with Gasteiger partial charge in [-0.15, -0.1) is 0 Å². The van der Waals surface area contributed by atoms with Gasteiger partial charge >= 0.3 is 0 Å². The summed E-state index contributed by atoms with van der Waals surface area (Å²) in [6, 6.07) is 17.9. The first-order valence-electron chi connectivity index (χ1n) is 10.4. The molecular formula is C25H24FIN2O3S. The van der Waals surface area contributed by atoms with E-state index in [0.29, 0.717) is 29.0 Å². The van der Waals surface area contributed by atoms with Crippen molar-refractivity contribution in [1.29, 1.82) is 0 Å². The summed E-state index contributed by atoms with van der Waals surface area (Å²) in [6.07, 6.45) is 0.803. The van der Waals surface area contributed by atoms with Gasteiger partial charge in [-0.1, -0.05) is 0 Å². The minimum Gasteiger partial charge on any atom is -0.493 e. The molecule has 0 bridgehead atoms. The van der Waals surface area contributed by atoms with Crippen LogP contribution in [0.1, 0.15) is 17.2 Å². The van der Waals surface area contributed by atoms with E-state index in [1.165, 1.54) is 12.1 Å². The van der Waals surface area contributed by atoms with Gasteiger partial charge < -0.3 is 24.4 Å². The van der Waals surface area contributed by atoms with Crippen LogP contribution in [0, 0.1) is 9.39 Å².